The number of hydrogen-bond acceptors (Lipinski definition) is 3. The van der Waals surface area contributed by atoms with E-state index in [2.05, 4.69) is 44.6 Å². The first-order valence-electron chi connectivity index (χ1n) is 6.58. The van der Waals surface area contributed by atoms with Crippen LogP contribution >= 0.6 is 38.5 Å². The molecule has 1 aromatic rings. The van der Waals surface area contributed by atoms with Crippen molar-refractivity contribution in [2.75, 3.05) is 27.4 Å². The summed E-state index contributed by atoms with van der Waals surface area (Å²) >= 11 is 5.74. The Morgan fingerprint density at radius 1 is 1.43 bits per heavy atom. The fourth-order valence-corrected chi connectivity index (χ4v) is 3.34. The number of methoxy groups -OCH3 is 1. The van der Waals surface area contributed by atoms with Crippen molar-refractivity contribution in [3.63, 3.8) is 0 Å². The van der Waals surface area contributed by atoms with Gasteiger partial charge in [0.05, 0.1) is 10.5 Å². The van der Waals surface area contributed by atoms with E-state index in [9.17, 15) is 4.79 Å². The SMILES string of the molecule is COCCOc1ccc(C2=CCC(I)C(=O)N2C)c(Br)c1. The third kappa shape index (κ3) is 3.98. The Balaban J connectivity index is 2.19. The van der Waals surface area contributed by atoms with Crippen molar-refractivity contribution >= 4 is 50.1 Å². The van der Waals surface area contributed by atoms with Crippen LogP contribution < -0.4 is 4.74 Å². The smallest absolute Gasteiger partial charge is 0.240 e. The van der Waals surface area contributed by atoms with E-state index in [0.717, 1.165) is 27.9 Å². The highest BCUT2D eigenvalue weighted by atomic mass is 127. The van der Waals surface area contributed by atoms with Gasteiger partial charge in [0.1, 0.15) is 12.4 Å². The summed E-state index contributed by atoms with van der Waals surface area (Å²) in [5.74, 6) is 0.917. The van der Waals surface area contributed by atoms with Crippen LogP contribution in [0.1, 0.15) is 12.0 Å². The topological polar surface area (TPSA) is 38.8 Å². The Kier molecular flexibility index (Phi) is 6.07. The van der Waals surface area contributed by atoms with Gasteiger partial charge in [-0.05, 0) is 40.5 Å². The van der Waals surface area contributed by atoms with Crippen molar-refractivity contribution in [2.24, 2.45) is 0 Å². The summed E-state index contributed by atoms with van der Waals surface area (Å²) in [6.45, 7) is 1.07. The lowest BCUT2D eigenvalue weighted by molar-refractivity contribution is -0.126. The zero-order valence-electron chi connectivity index (χ0n) is 11.9. The molecule has 6 heteroatoms. The maximum atomic E-state index is 12.1. The van der Waals surface area contributed by atoms with E-state index >= 15 is 0 Å². The number of hydrogen-bond donors (Lipinski definition) is 0. The fourth-order valence-electron chi connectivity index (χ4n) is 2.11. The minimum Gasteiger partial charge on any atom is -0.491 e. The van der Waals surface area contributed by atoms with Gasteiger partial charge in [-0.2, -0.15) is 0 Å². The molecule has 0 aliphatic carbocycles. The first-order chi connectivity index (χ1) is 10.0. The molecule has 0 saturated heterocycles. The predicted molar refractivity (Wildman–Crippen MR) is 94.7 cm³/mol. The quantitative estimate of drug-likeness (QED) is 0.379. The second kappa shape index (κ2) is 7.60. The van der Waals surface area contributed by atoms with Crippen molar-refractivity contribution < 1.29 is 14.3 Å². The molecular weight excluding hydrogens is 449 g/mol. The molecule has 0 fully saturated rings. The summed E-state index contributed by atoms with van der Waals surface area (Å²) in [6.07, 6.45) is 2.86. The van der Waals surface area contributed by atoms with Crippen LogP contribution in [-0.2, 0) is 9.53 Å². The lowest BCUT2D eigenvalue weighted by Gasteiger charge is -2.28. The monoisotopic (exact) mass is 465 g/mol. The van der Waals surface area contributed by atoms with Crippen molar-refractivity contribution in [3.8, 4) is 5.75 Å². The maximum Gasteiger partial charge on any atom is 0.240 e. The van der Waals surface area contributed by atoms with Crippen LogP contribution in [-0.4, -0.2) is 42.1 Å². The predicted octanol–water partition coefficient (Wildman–Crippen LogP) is 3.48. The molecule has 0 saturated carbocycles. The number of nitrogens with zero attached hydrogens (tertiary/aromatic N) is 1. The van der Waals surface area contributed by atoms with Gasteiger partial charge in [-0.25, -0.2) is 0 Å². The zero-order chi connectivity index (χ0) is 15.4. The summed E-state index contributed by atoms with van der Waals surface area (Å²) in [4.78, 5) is 13.8. The molecule has 1 aliphatic heterocycles. The van der Waals surface area contributed by atoms with Gasteiger partial charge in [-0.1, -0.05) is 28.7 Å². The van der Waals surface area contributed by atoms with E-state index in [1.54, 1.807) is 12.0 Å². The summed E-state index contributed by atoms with van der Waals surface area (Å²) in [5.41, 5.74) is 1.93. The van der Waals surface area contributed by atoms with Gasteiger partial charge in [-0.15, -0.1) is 0 Å². The molecule has 1 aliphatic rings. The van der Waals surface area contributed by atoms with Gasteiger partial charge in [0.15, 0.2) is 0 Å². The Hall–Kier alpha value is -0.600. The average molecular weight is 466 g/mol. The number of carbonyl (C=O) groups is 1. The number of benzene rings is 1. The molecule has 0 N–H and O–H groups in total. The van der Waals surface area contributed by atoms with Gasteiger partial charge in [0.25, 0.3) is 0 Å². The number of rotatable bonds is 5. The van der Waals surface area contributed by atoms with Crippen molar-refractivity contribution in [3.05, 3.63) is 34.3 Å². The standard InChI is InChI=1S/C15H17BrINO3/c1-18-14(6-5-13(17)15(18)19)11-4-3-10(9-12(11)16)21-8-7-20-2/h3-4,6,9,13H,5,7-8H2,1-2H3. The molecule has 0 radical (unpaired) electrons. The second-order valence-corrected chi connectivity index (χ2v) is 7.03. The summed E-state index contributed by atoms with van der Waals surface area (Å²) in [6, 6.07) is 5.79. The van der Waals surface area contributed by atoms with Crippen LogP contribution in [0, 0.1) is 0 Å². The van der Waals surface area contributed by atoms with E-state index in [-0.39, 0.29) is 9.83 Å². The average Bonchev–Trinajstić information content (AvgIpc) is 2.46. The van der Waals surface area contributed by atoms with Gasteiger partial charge >= 0.3 is 0 Å². The Labute approximate surface area is 146 Å². The molecule has 1 aromatic carbocycles. The molecule has 0 spiro atoms. The summed E-state index contributed by atoms with van der Waals surface area (Å²) < 4.78 is 11.5. The highest BCUT2D eigenvalue weighted by Crippen LogP contribution is 2.33. The largest absolute Gasteiger partial charge is 0.491 e. The summed E-state index contributed by atoms with van der Waals surface area (Å²) in [7, 11) is 3.46. The van der Waals surface area contributed by atoms with Crippen LogP contribution in [0.2, 0.25) is 0 Å². The van der Waals surface area contributed by atoms with Gasteiger partial charge in [0.2, 0.25) is 5.91 Å². The summed E-state index contributed by atoms with van der Waals surface area (Å²) in [5, 5.41) is 0. The molecule has 4 nitrogen and oxygen atoms in total. The molecule has 114 valence electrons. The van der Waals surface area contributed by atoms with E-state index in [1.807, 2.05) is 25.2 Å². The minimum atomic E-state index is 0.0202. The van der Waals surface area contributed by atoms with E-state index in [0.29, 0.717) is 13.2 Å². The zero-order valence-corrected chi connectivity index (χ0v) is 15.7. The van der Waals surface area contributed by atoms with Crippen molar-refractivity contribution in [1.82, 2.24) is 4.90 Å². The number of allylic oxidation sites excluding steroid dienone is 1. The highest BCUT2D eigenvalue weighted by Gasteiger charge is 2.27. The molecule has 21 heavy (non-hydrogen) atoms. The van der Waals surface area contributed by atoms with Gasteiger partial charge in [-0.3, -0.25) is 4.79 Å². The van der Waals surface area contributed by atoms with Crippen LogP contribution in [0.25, 0.3) is 5.70 Å². The first kappa shape index (κ1) is 16.8. The number of ether oxygens (including phenoxy) is 2. The van der Waals surface area contributed by atoms with Gasteiger partial charge in [0, 0.05) is 29.9 Å². The van der Waals surface area contributed by atoms with Crippen molar-refractivity contribution in [2.45, 2.75) is 10.3 Å². The normalized spacial score (nSPS) is 18.7. The molecule has 1 heterocycles. The molecule has 0 aromatic heterocycles. The van der Waals surface area contributed by atoms with E-state index in [4.69, 9.17) is 9.47 Å². The van der Waals surface area contributed by atoms with Crippen LogP contribution in [0.5, 0.6) is 5.75 Å². The molecule has 1 amide bonds. The Morgan fingerprint density at radius 3 is 2.86 bits per heavy atom. The van der Waals surface area contributed by atoms with E-state index < -0.39 is 0 Å². The van der Waals surface area contributed by atoms with Crippen molar-refractivity contribution in [1.29, 1.82) is 0 Å². The first-order valence-corrected chi connectivity index (χ1v) is 8.62. The van der Waals surface area contributed by atoms with Crippen LogP contribution in [0.3, 0.4) is 0 Å². The molecular formula is C15H17BrINO3. The lowest BCUT2D eigenvalue weighted by atomic mass is 10.0. The van der Waals surface area contributed by atoms with Crippen LogP contribution in [0.4, 0.5) is 0 Å². The molecule has 1 unspecified atom stereocenters. The fraction of sp³-hybridized carbons (Fsp3) is 0.400. The molecule has 0 bridgehead atoms. The van der Waals surface area contributed by atoms with E-state index in [1.165, 1.54) is 0 Å². The third-order valence-electron chi connectivity index (χ3n) is 3.25. The Bertz CT molecular complexity index is 562. The highest BCUT2D eigenvalue weighted by molar-refractivity contribution is 14.1. The minimum absolute atomic E-state index is 0.0202. The molecule has 1 atom stereocenters. The second-order valence-electron chi connectivity index (χ2n) is 4.67. The van der Waals surface area contributed by atoms with Gasteiger partial charge < -0.3 is 14.4 Å². The third-order valence-corrected chi connectivity index (χ3v) is 4.95. The number of carbonyl (C=O) groups excluding carboxylic acids is 1. The number of alkyl halides is 1. The molecule has 2 rings (SSSR count). The number of halogens is 2. The lowest BCUT2D eigenvalue weighted by Crippen LogP contribution is -2.35. The maximum absolute atomic E-state index is 12.1. The Morgan fingerprint density at radius 2 is 2.19 bits per heavy atom. The number of amides is 1. The van der Waals surface area contributed by atoms with Crippen LogP contribution in [0.15, 0.2) is 28.7 Å².